The monoisotopic (exact) mass is 505 g/mol. The number of benzene rings is 1. The molecule has 8 heteroatoms. The van der Waals surface area contributed by atoms with Gasteiger partial charge in [-0.3, -0.25) is 9.59 Å². The molecule has 3 N–H and O–H groups in total. The zero-order valence-electron chi connectivity index (χ0n) is 23.6. The van der Waals surface area contributed by atoms with Crippen LogP contribution in [0.25, 0.3) is 0 Å². The number of nitrogens with one attached hydrogen (secondary N) is 2. The highest BCUT2D eigenvalue weighted by Crippen LogP contribution is 2.32. The van der Waals surface area contributed by atoms with Crippen molar-refractivity contribution in [2.24, 2.45) is 0 Å². The Balaban J connectivity index is 3.55. The third kappa shape index (κ3) is 9.12. The van der Waals surface area contributed by atoms with Gasteiger partial charge < -0.3 is 25.4 Å². The minimum atomic E-state index is -1.27. The molecule has 1 rings (SSSR count). The molecule has 3 atom stereocenters. The van der Waals surface area contributed by atoms with Gasteiger partial charge in [-0.25, -0.2) is 4.79 Å². The molecule has 3 amide bonds. The molecule has 1 aromatic rings. The van der Waals surface area contributed by atoms with Crippen LogP contribution in [0.3, 0.4) is 0 Å². The molecule has 0 aliphatic carbocycles. The molecule has 0 saturated carbocycles. The molecule has 1 aromatic carbocycles. The minimum Gasteiger partial charge on any atom is -0.444 e. The third-order valence-corrected chi connectivity index (χ3v) is 6.25. The molecule has 0 spiro atoms. The van der Waals surface area contributed by atoms with E-state index >= 15 is 0 Å². The van der Waals surface area contributed by atoms with Gasteiger partial charge in [-0.2, -0.15) is 0 Å². The lowest BCUT2D eigenvalue weighted by Crippen LogP contribution is -2.60. The van der Waals surface area contributed by atoms with Crippen molar-refractivity contribution in [3.63, 3.8) is 0 Å². The smallest absolute Gasteiger partial charge is 0.408 e. The van der Waals surface area contributed by atoms with Gasteiger partial charge in [0.15, 0.2) is 0 Å². The number of alkyl carbamates (subject to hydrolysis) is 1. The number of nitrogens with zero attached hydrogens (tertiary/aromatic N) is 1. The van der Waals surface area contributed by atoms with Crippen LogP contribution in [0.5, 0.6) is 0 Å². The molecule has 8 nitrogen and oxygen atoms in total. The second kappa shape index (κ2) is 13.6. The average molecular weight is 506 g/mol. The SMILES string of the molecule is CCCC(C)NC(=O)C(c1ccc(CC)cc1)N(C(=O)C(CO)NC(=O)OC(C)(C)C)C(C)(C)CC. The summed E-state index contributed by atoms with van der Waals surface area (Å²) in [6.07, 6.45) is 2.30. The summed E-state index contributed by atoms with van der Waals surface area (Å²) < 4.78 is 5.30. The van der Waals surface area contributed by atoms with Gasteiger partial charge in [0, 0.05) is 11.6 Å². The number of hydrogen-bond donors (Lipinski definition) is 3. The van der Waals surface area contributed by atoms with Gasteiger partial charge in [0.1, 0.15) is 17.7 Å². The van der Waals surface area contributed by atoms with Crippen molar-refractivity contribution in [2.75, 3.05) is 6.61 Å². The maximum absolute atomic E-state index is 14.0. The fraction of sp³-hybridized carbons (Fsp3) is 0.679. The second-order valence-electron chi connectivity index (χ2n) is 11.0. The number of aryl methyl sites for hydroxylation is 1. The number of hydrogen-bond acceptors (Lipinski definition) is 5. The Morgan fingerprint density at radius 1 is 1.00 bits per heavy atom. The van der Waals surface area contributed by atoms with Crippen LogP contribution in [-0.4, -0.2) is 57.7 Å². The summed E-state index contributed by atoms with van der Waals surface area (Å²) in [5.74, 6) is -0.859. The molecule has 0 aromatic heterocycles. The molecular weight excluding hydrogens is 458 g/mol. The number of aliphatic hydroxyl groups excluding tert-OH is 1. The Morgan fingerprint density at radius 2 is 1.58 bits per heavy atom. The quantitative estimate of drug-likeness (QED) is 0.388. The molecule has 0 aliphatic heterocycles. The first kappa shape index (κ1) is 31.4. The van der Waals surface area contributed by atoms with Gasteiger partial charge in [0.2, 0.25) is 11.8 Å². The summed E-state index contributed by atoms with van der Waals surface area (Å²) in [6.45, 7) is 16.2. The zero-order chi connectivity index (χ0) is 27.7. The topological polar surface area (TPSA) is 108 Å². The lowest BCUT2D eigenvalue weighted by Gasteiger charge is -2.44. The number of carbonyl (C=O) groups excluding carboxylic acids is 3. The zero-order valence-corrected chi connectivity index (χ0v) is 23.6. The lowest BCUT2D eigenvalue weighted by atomic mass is 9.91. The molecule has 0 radical (unpaired) electrons. The first-order valence-electron chi connectivity index (χ1n) is 13.0. The van der Waals surface area contributed by atoms with E-state index in [0.717, 1.165) is 24.8 Å². The van der Waals surface area contributed by atoms with E-state index in [0.29, 0.717) is 12.0 Å². The maximum atomic E-state index is 14.0. The normalized spacial score (nSPS) is 14.4. The van der Waals surface area contributed by atoms with Crippen LogP contribution in [0.1, 0.15) is 98.7 Å². The van der Waals surface area contributed by atoms with Crippen LogP contribution in [0, 0.1) is 0 Å². The molecule has 36 heavy (non-hydrogen) atoms. The summed E-state index contributed by atoms with van der Waals surface area (Å²) in [4.78, 5) is 41.6. The van der Waals surface area contributed by atoms with Crippen LogP contribution in [-0.2, 0) is 20.7 Å². The summed E-state index contributed by atoms with van der Waals surface area (Å²) in [5.41, 5.74) is 0.246. The molecule has 0 fully saturated rings. The number of rotatable bonds is 12. The van der Waals surface area contributed by atoms with E-state index < -0.39 is 41.8 Å². The highest BCUT2D eigenvalue weighted by atomic mass is 16.6. The average Bonchev–Trinajstić information content (AvgIpc) is 2.79. The second-order valence-corrected chi connectivity index (χ2v) is 11.0. The fourth-order valence-electron chi connectivity index (χ4n) is 3.93. The lowest BCUT2D eigenvalue weighted by molar-refractivity contribution is -0.150. The van der Waals surface area contributed by atoms with Crippen LogP contribution >= 0.6 is 0 Å². The number of ether oxygens (including phenoxy) is 1. The van der Waals surface area contributed by atoms with E-state index in [4.69, 9.17) is 4.74 Å². The van der Waals surface area contributed by atoms with Crippen molar-refractivity contribution >= 4 is 17.9 Å². The van der Waals surface area contributed by atoms with Crippen molar-refractivity contribution < 1.29 is 24.2 Å². The predicted molar refractivity (Wildman–Crippen MR) is 143 cm³/mol. The first-order valence-corrected chi connectivity index (χ1v) is 13.0. The van der Waals surface area contributed by atoms with Gasteiger partial charge >= 0.3 is 6.09 Å². The highest BCUT2D eigenvalue weighted by Gasteiger charge is 2.43. The van der Waals surface area contributed by atoms with Crippen molar-refractivity contribution in [2.45, 2.75) is 117 Å². The Kier molecular flexibility index (Phi) is 11.9. The number of carbonyl (C=O) groups is 3. The van der Waals surface area contributed by atoms with Crippen molar-refractivity contribution in [3.05, 3.63) is 35.4 Å². The maximum Gasteiger partial charge on any atom is 0.408 e. The van der Waals surface area contributed by atoms with Gasteiger partial charge in [-0.1, -0.05) is 51.5 Å². The van der Waals surface area contributed by atoms with Gasteiger partial charge in [-0.05, 0) is 71.9 Å². The summed E-state index contributed by atoms with van der Waals surface area (Å²) in [7, 11) is 0. The standard InChI is InChI=1S/C28H47N3O5/c1-10-13-19(4)29-24(33)23(21-16-14-20(11-2)15-17-21)31(28(8,9)12-3)25(34)22(18-32)30-26(35)36-27(5,6)7/h14-17,19,22-23,32H,10-13,18H2,1-9H3,(H,29,33)(H,30,35). The van der Waals surface area contributed by atoms with Crippen LogP contribution in [0.2, 0.25) is 0 Å². The minimum absolute atomic E-state index is 0.0740. The fourth-order valence-corrected chi connectivity index (χ4v) is 3.93. The summed E-state index contributed by atoms with van der Waals surface area (Å²) in [5, 5.41) is 15.6. The highest BCUT2D eigenvalue weighted by molar-refractivity contribution is 5.92. The van der Waals surface area contributed by atoms with E-state index in [1.807, 2.05) is 58.9 Å². The number of amides is 3. The van der Waals surface area contributed by atoms with Crippen molar-refractivity contribution in [1.82, 2.24) is 15.5 Å². The van der Waals surface area contributed by atoms with Gasteiger partial charge in [0.25, 0.3) is 0 Å². The van der Waals surface area contributed by atoms with E-state index in [1.165, 1.54) is 4.90 Å². The van der Waals surface area contributed by atoms with Crippen LogP contribution in [0.15, 0.2) is 24.3 Å². The number of aliphatic hydroxyl groups is 1. The predicted octanol–water partition coefficient (Wildman–Crippen LogP) is 4.50. The van der Waals surface area contributed by atoms with E-state index in [9.17, 15) is 19.5 Å². The summed E-state index contributed by atoms with van der Waals surface area (Å²) >= 11 is 0. The summed E-state index contributed by atoms with van der Waals surface area (Å²) in [6, 6.07) is 5.35. The Bertz CT molecular complexity index is 861. The van der Waals surface area contributed by atoms with Gasteiger partial charge in [0.05, 0.1) is 6.61 Å². The Morgan fingerprint density at radius 3 is 2.03 bits per heavy atom. The Hall–Kier alpha value is -2.61. The molecular formula is C28H47N3O5. The van der Waals surface area contributed by atoms with E-state index in [1.54, 1.807) is 20.8 Å². The van der Waals surface area contributed by atoms with Crippen LogP contribution < -0.4 is 10.6 Å². The molecule has 0 saturated heterocycles. The van der Waals surface area contributed by atoms with E-state index in [-0.39, 0.29) is 11.9 Å². The van der Waals surface area contributed by atoms with E-state index in [2.05, 4.69) is 17.6 Å². The largest absolute Gasteiger partial charge is 0.444 e. The third-order valence-electron chi connectivity index (χ3n) is 6.25. The van der Waals surface area contributed by atoms with Crippen LogP contribution in [0.4, 0.5) is 4.79 Å². The van der Waals surface area contributed by atoms with Gasteiger partial charge in [-0.15, -0.1) is 0 Å². The molecule has 0 aliphatic rings. The first-order chi connectivity index (χ1) is 16.7. The molecule has 3 unspecified atom stereocenters. The van der Waals surface area contributed by atoms with Crippen molar-refractivity contribution in [3.8, 4) is 0 Å². The molecule has 0 bridgehead atoms. The van der Waals surface area contributed by atoms with Crippen molar-refractivity contribution in [1.29, 1.82) is 0 Å². The molecule has 204 valence electrons. The Labute approximate surface area is 217 Å². The molecule has 0 heterocycles.